The number of hydrogen-bond donors (Lipinski definition) is 4. The van der Waals surface area contributed by atoms with Gasteiger partial charge in [0.2, 0.25) is 5.95 Å². The van der Waals surface area contributed by atoms with E-state index in [1.807, 2.05) is 12.1 Å². The lowest BCUT2D eigenvalue weighted by Gasteiger charge is -2.35. The van der Waals surface area contributed by atoms with Crippen molar-refractivity contribution < 1.29 is 15.0 Å². The second kappa shape index (κ2) is 7.79. The van der Waals surface area contributed by atoms with E-state index in [1.54, 1.807) is 12.4 Å². The molecule has 146 valence electrons. The fourth-order valence-electron chi connectivity index (χ4n) is 3.22. The number of aromatic nitrogens is 4. The summed E-state index contributed by atoms with van der Waals surface area (Å²) in [5, 5.41) is 21.7. The number of anilines is 3. The standard InChI is InChI=1S/C18H21N7O3/c26-8-7-24-3-5-25(6-4-24)13-1-2-15(19-11-13)22-18-20-10-12-9-14(17(27)28)21-16(12)23-18/h1-2,9-11,26H,3-8H2,(H,27,28)(H2,19,20,21,22,23). The Kier molecular flexibility index (Phi) is 5.04. The third kappa shape index (κ3) is 3.87. The maximum absolute atomic E-state index is 11.0. The highest BCUT2D eigenvalue weighted by atomic mass is 16.4. The molecule has 1 aliphatic heterocycles. The molecule has 10 nitrogen and oxygen atoms in total. The normalized spacial score (nSPS) is 15.1. The SMILES string of the molecule is O=C(O)c1cc2cnc(Nc3ccc(N4CCN(CCO)CC4)cn3)nc2[nH]1. The van der Waals surface area contributed by atoms with E-state index in [9.17, 15) is 4.79 Å². The number of piperazine rings is 1. The molecule has 4 N–H and O–H groups in total. The summed E-state index contributed by atoms with van der Waals surface area (Å²) in [6.07, 6.45) is 3.37. The Bertz CT molecular complexity index is 965. The third-order valence-corrected chi connectivity index (χ3v) is 4.74. The highest BCUT2D eigenvalue weighted by molar-refractivity contribution is 5.92. The lowest BCUT2D eigenvalue weighted by molar-refractivity contribution is 0.0691. The molecule has 4 heterocycles. The van der Waals surface area contributed by atoms with Crippen LogP contribution in [0.3, 0.4) is 0 Å². The fourth-order valence-corrected chi connectivity index (χ4v) is 3.22. The zero-order valence-corrected chi connectivity index (χ0v) is 15.2. The minimum Gasteiger partial charge on any atom is -0.477 e. The van der Waals surface area contributed by atoms with Crippen LogP contribution >= 0.6 is 0 Å². The van der Waals surface area contributed by atoms with Crippen molar-refractivity contribution in [2.75, 3.05) is 49.5 Å². The van der Waals surface area contributed by atoms with Crippen LogP contribution in [0.5, 0.6) is 0 Å². The molecule has 0 aromatic carbocycles. The van der Waals surface area contributed by atoms with Crippen LogP contribution in [0.2, 0.25) is 0 Å². The van der Waals surface area contributed by atoms with E-state index < -0.39 is 5.97 Å². The van der Waals surface area contributed by atoms with Crippen LogP contribution in [-0.4, -0.2) is 80.3 Å². The average Bonchev–Trinajstić information content (AvgIpc) is 3.13. The van der Waals surface area contributed by atoms with Gasteiger partial charge >= 0.3 is 5.97 Å². The Labute approximate surface area is 160 Å². The quantitative estimate of drug-likeness (QED) is 0.490. The van der Waals surface area contributed by atoms with Crippen LogP contribution in [-0.2, 0) is 0 Å². The second-order valence-corrected chi connectivity index (χ2v) is 6.56. The van der Waals surface area contributed by atoms with Gasteiger partial charge in [0.1, 0.15) is 17.2 Å². The smallest absolute Gasteiger partial charge is 0.352 e. The topological polar surface area (TPSA) is 130 Å². The molecule has 1 aliphatic rings. The summed E-state index contributed by atoms with van der Waals surface area (Å²) in [5.41, 5.74) is 1.57. The van der Waals surface area contributed by atoms with Crippen molar-refractivity contribution in [2.24, 2.45) is 0 Å². The van der Waals surface area contributed by atoms with Crippen LogP contribution in [0, 0.1) is 0 Å². The van der Waals surface area contributed by atoms with E-state index in [-0.39, 0.29) is 12.3 Å². The second-order valence-electron chi connectivity index (χ2n) is 6.56. The van der Waals surface area contributed by atoms with Gasteiger partial charge in [0, 0.05) is 44.3 Å². The van der Waals surface area contributed by atoms with Gasteiger partial charge in [-0.2, -0.15) is 4.98 Å². The first kappa shape index (κ1) is 18.1. The number of carbonyl (C=O) groups is 1. The average molecular weight is 383 g/mol. The Morgan fingerprint density at radius 2 is 2.00 bits per heavy atom. The number of H-pyrrole nitrogens is 1. The van der Waals surface area contributed by atoms with Gasteiger partial charge in [-0.25, -0.2) is 14.8 Å². The molecular formula is C18H21N7O3. The first-order valence-electron chi connectivity index (χ1n) is 9.02. The molecule has 4 rings (SSSR count). The molecule has 3 aromatic heterocycles. The Balaban J connectivity index is 1.42. The minimum absolute atomic E-state index is 0.0722. The molecule has 1 fully saturated rings. The van der Waals surface area contributed by atoms with Crippen LogP contribution in [0.4, 0.5) is 17.5 Å². The molecule has 0 radical (unpaired) electrons. The van der Waals surface area contributed by atoms with Crippen molar-refractivity contribution in [3.63, 3.8) is 0 Å². The highest BCUT2D eigenvalue weighted by Crippen LogP contribution is 2.20. The first-order chi connectivity index (χ1) is 13.6. The number of aromatic amines is 1. The molecule has 10 heteroatoms. The number of aromatic carboxylic acids is 1. The van der Waals surface area contributed by atoms with Gasteiger partial charge in [-0.3, -0.25) is 4.90 Å². The van der Waals surface area contributed by atoms with E-state index in [0.717, 1.165) is 31.9 Å². The number of pyridine rings is 1. The zero-order chi connectivity index (χ0) is 19.5. The van der Waals surface area contributed by atoms with Crippen molar-refractivity contribution >= 4 is 34.5 Å². The van der Waals surface area contributed by atoms with Gasteiger partial charge in [-0.05, 0) is 18.2 Å². The van der Waals surface area contributed by atoms with Gasteiger partial charge in [0.05, 0.1) is 18.5 Å². The predicted molar refractivity (Wildman–Crippen MR) is 104 cm³/mol. The van der Waals surface area contributed by atoms with Crippen molar-refractivity contribution in [3.05, 3.63) is 36.3 Å². The number of nitrogens with zero attached hydrogens (tertiary/aromatic N) is 5. The monoisotopic (exact) mass is 383 g/mol. The van der Waals surface area contributed by atoms with Crippen molar-refractivity contribution in [2.45, 2.75) is 0 Å². The van der Waals surface area contributed by atoms with Crippen LogP contribution < -0.4 is 10.2 Å². The van der Waals surface area contributed by atoms with Crippen LogP contribution in [0.25, 0.3) is 11.0 Å². The molecule has 0 amide bonds. The van der Waals surface area contributed by atoms with Gasteiger partial charge in [0.15, 0.2) is 0 Å². The predicted octanol–water partition coefficient (Wildman–Crippen LogP) is 0.909. The summed E-state index contributed by atoms with van der Waals surface area (Å²) in [6, 6.07) is 5.35. The summed E-state index contributed by atoms with van der Waals surface area (Å²) >= 11 is 0. The summed E-state index contributed by atoms with van der Waals surface area (Å²) in [4.78, 5) is 31.2. The molecule has 0 bridgehead atoms. The van der Waals surface area contributed by atoms with Gasteiger partial charge in [-0.1, -0.05) is 0 Å². The maximum atomic E-state index is 11.0. The van der Waals surface area contributed by atoms with Gasteiger partial charge < -0.3 is 25.4 Å². The highest BCUT2D eigenvalue weighted by Gasteiger charge is 2.17. The molecule has 0 spiro atoms. The number of nitrogens with one attached hydrogen (secondary N) is 2. The molecule has 0 saturated carbocycles. The number of fused-ring (bicyclic) bond motifs is 1. The largest absolute Gasteiger partial charge is 0.477 e. The minimum atomic E-state index is -1.04. The number of β-amino-alcohol motifs (C(OH)–C–C–N with tert-alkyl or cyclic N) is 1. The molecule has 0 atom stereocenters. The first-order valence-corrected chi connectivity index (χ1v) is 9.02. The molecule has 0 aliphatic carbocycles. The number of hydrogen-bond acceptors (Lipinski definition) is 8. The number of aliphatic hydroxyl groups is 1. The van der Waals surface area contributed by atoms with Gasteiger partial charge in [0.25, 0.3) is 0 Å². The maximum Gasteiger partial charge on any atom is 0.352 e. The van der Waals surface area contributed by atoms with Crippen molar-refractivity contribution in [1.29, 1.82) is 0 Å². The molecule has 28 heavy (non-hydrogen) atoms. The van der Waals surface area contributed by atoms with E-state index >= 15 is 0 Å². The summed E-state index contributed by atoms with van der Waals surface area (Å²) in [6.45, 7) is 4.54. The van der Waals surface area contributed by atoms with E-state index in [2.05, 4.69) is 35.1 Å². The summed E-state index contributed by atoms with van der Waals surface area (Å²) in [7, 11) is 0. The molecule has 3 aromatic rings. The third-order valence-electron chi connectivity index (χ3n) is 4.74. The van der Waals surface area contributed by atoms with Gasteiger partial charge in [-0.15, -0.1) is 0 Å². The van der Waals surface area contributed by atoms with E-state index in [1.165, 1.54) is 6.07 Å². The van der Waals surface area contributed by atoms with E-state index in [4.69, 9.17) is 10.2 Å². The molecular weight excluding hydrogens is 362 g/mol. The number of rotatable bonds is 6. The van der Waals surface area contributed by atoms with E-state index in [0.29, 0.717) is 29.3 Å². The number of carboxylic acids is 1. The number of carboxylic acid groups (broad SMARTS) is 1. The van der Waals surface area contributed by atoms with Crippen molar-refractivity contribution in [3.8, 4) is 0 Å². The lowest BCUT2D eigenvalue weighted by atomic mass is 10.2. The zero-order valence-electron chi connectivity index (χ0n) is 15.2. The molecule has 0 unspecified atom stereocenters. The Morgan fingerprint density at radius 3 is 2.68 bits per heavy atom. The Hall–Kier alpha value is -3.24. The molecule has 1 saturated heterocycles. The van der Waals surface area contributed by atoms with Crippen LogP contribution in [0.15, 0.2) is 30.6 Å². The van der Waals surface area contributed by atoms with Crippen molar-refractivity contribution in [1.82, 2.24) is 24.8 Å². The summed E-state index contributed by atoms with van der Waals surface area (Å²) in [5.74, 6) is -0.0989. The lowest BCUT2D eigenvalue weighted by Crippen LogP contribution is -2.47. The fraction of sp³-hybridized carbons (Fsp3) is 0.333. The number of aliphatic hydroxyl groups excluding tert-OH is 1. The Morgan fingerprint density at radius 1 is 1.18 bits per heavy atom. The van der Waals surface area contributed by atoms with Crippen LogP contribution in [0.1, 0.15) is 10.5 Å². The summed E-state index contributed by atoms with van der Waals surface area (Å²) < 4.78 is 0.